The molecular weight excluding hydrogens is 396 g/mol. The van der Waals surface area contributed by atoms with E-state index in [0.717, 1.165) is 57.0 Å². The van der Waals surface area contributed by atoms with Crippen LogP contribution in [0.15, 0.2) is 0 Å². The molecule has 0 radical (unpaired) electrons. The summed E-state index contributed by atoms with van der Waals surface area (Å²) in [6.45, 7) is 3.44. The van der Waals surface area contributed by atoms with E-state index < -0.39 is 0 Å². The van der Waals surface area contributed by atoms with Crippen LogP contribution in [0.5, 0.6) is 0 Å². The molecule has 4 saturated carbocycles. The average Bonchev–Trinajstić information content (AvgIpc) is 2.79. The van der Waals surface area contributed by atoms with Gasteiger partial charge in [0.2, 0.25) is 0 Å². The van der Waals surface area contributed by atoms with Gasteiger partial charge >= 0.3 is 0 Å². The number of alkyl halides is 1. The standard InChI is InChI=1S/C26H45ClO3/c27-24-10-6-21(7-11-24)18-28-14-15-29-25-12-8-23-17-26(13-9-22(23)16-25)30-19-20-4-2-1-3-5-20/h20-26H,1-19H2. The van der Waals surface area contributed by atoms with Crippen LogP contribution in [-0.4, -0.2) is 44.0 Å². The first-order valence-electron chi connectivity index (χ1n) is 13.2. The Kier molecular flexibility index (Phi) is 9.66. The molecule has 0 N–H and O–H groups in total. The molecule has 0 amide bonds. The van der Waals surface area contributed by atoms with E-state index in [4.69, 9.17) is 25.8 Å². The van der Waals surface area contributed by atoms with Gasteiger partial charge in [0.1, 0.15) is 0 Å². The highest BCUT2D eigenvalue weighted by molar-refractivity contribution is 6.20. The first-order chi connectivity index (χ1) is 14.8. The molecule has 0 heterocycles. The van der Waals surface area contributed by atoms with Crippen LogP contribution >= 0.6 is 11.6 Å². The number of ether oxygens (including phenoxy) is 3. The van der Waals surface area contributed by atoms with Crippen molar-refractivity contribution < 1.29 is 14.2 Å². The molecule has 0 bridgehead atoms. The van der Waals surface area contributed by atoms with Gasteiger partial charge in [0, 0.05) is 18.6 Å². The Morgan fingerprint density at radius 3 is 1.90 bits per heavy atom. The molecule has 0 aliphatic heterocycles. The highest BCUT2D eigenvalue weighted by atomic mass is 35.5. The molecule has 0 saturated heterocycles. The molecule has 3 nitrogen and oxygen atoms in total. The van der Waals surface area contributed by atoms with Crippen molar-refractivity contribution in [2.75, 3.05) is 26.4 Å². The molecule has 0 aromatic rings. The molecule has 4 atom stereocenters. The minimum atomic E-state index is 0.401. The molecule has 4 rings (SSSR count). The van der Waals surface area contributed by atoms with Crippen molar-refractivity contribution in [3.8, 4) is 0 Å². The van der Waals surface area contributed by atoms with E-state index >= 15 is 0 Å². The fourth-order valence-electron chi connectivity index (χ4n) is 6.54. The summed E-state index contributed by atoms with van der Waals surface area (Å²) in [5.74, 6) is 3.30. The van der Waals surface area contributed by atoms with E-state index in [-0.39, 0.29) is 0 Å². The van der Waals surface area contributed by atoms with Crippen LogP contribution in [0.3, 0.4) is 0 Å². The lowest BCUT2D eigenvalue weighted by atomic mass is 9.69. The maximum Gasteiger partial charge on any atom is 0.0704 e. The van der Waals surface area contributed by atoms with E-state index in [1.54, 1.807) is 0 Å². The number of halogens is 1. The minimum absolute atomic E-state index is 0.401. The molecular formula is C26H45ClO3. The number of fused-ring (bicyclic) bond motifs is 1. The van der Waals surface area contributed by atoms with Crippen LogP contribution in [0.25, 0.3) is 0 Å². The van der Waals surface area contributed by atoms with Gasteiger partial charge in [-0.05, 0) is 101 Å². The van der Waals surface area contributed by atoms with Gasteiger partial charge in [0.25, 0.3) is 0 Å². The smallest absolute Gasteiger partial charge is 0.0704 e. The molecule has 174 valence electrons. The first-order valence-corrected chi connectivity index (χ1v) is 13.6. The maximum atomic E-state index is 6.39. The Hall–Kier alpha value is 0.170. The average molecular weight is 441 g/mol. The molecule has 4 fully saturated rings. The zero-order valence-electron chi connectivity index (χ0n) is 19.1. The Labute approximate surface area is 189 Å². The zero-order chi connectivity index (χ0) is 20.6. The SMILES string of the molecule is ClC1CCC(COCCOC2CCC3CC(OCC4CCCCC4)CCC3C2)CC1. The second kappa shape index (κ2) is 12.4. The molecule has 0 aromatic heterocycles. The van der Waals surface area contributed by atoms with Crippen molar-refractivity contribution in [1.82, 2.24) is 0 Å². The lowest BCUT2D eigenvalue weighted by Crippen LogP contribution is -2.37. The van der Waals surface area contributed by atoms with Crippen molar-refractivity contribution in [2.24, 2.45) is 23.7 Å². The van der Waals surface area contributed by atoms with Gasteiger partial charge in [-0.3, -0.25) is 0 Å². The van der Waals surface area contributed by atoms with Gasteiger partial charge in [0.15, 0.2) is 0 Å². The second-order valence-corrected chi connectivity index (χ2v) is 11.4. The Morgan fingerprint density at radius 2 is 1.20 bits per heavy atom. The lowest BCUT2D eigenvalue weighted by molar-refractivity contribution is -0.0680. The molecule has 30 heavy (non-hydrogen) atoms. The predicted molar refractivity (Wildman–Crippen MR) is 123 cm³/mol. The molecule has 0 aromatic carbocycles. The highest BCUT2D eigenvalue weighted by Gasteiger charge is 2.36. The summed E-state index contributed by atoms with van der Waals surface area (Å²) in [5, 5.41) is 0.401. The summed E-state index contributed by atoms with van der Waals surface area (Å²) < 4.78 is 18.5. The van der Waals surface area contributed by atoms with Crippen LogP contribution in [0.4, 0.5) is 0 Å². The summed E-state index contributed by atoms with van der Waals surface area (Å²) in [4.78, 5) is 0. The maximum absolute atomic E-state index is 6.39. The molecule has 4 aliphatic carbocycles. The van der Waals surface area contributed by atoms with Crippen LogP contribution in [0, 0.1) is 23.7 Å². The van der Waals surface area contributed by atoms with Gasteiger partial charge in [-0.25, -0.2) is 0 Å². The van der Waals surface area contributed by atoms with Gasteiger partial charge < -0.3 is 14.2 Å². The number of rotatable bonds is 9. The fourth-order valence-corrected chi connectivity index (χ4v) is 6.80. The summed E-state index contributed by atoms with van der Waals surface area (Å²) in [6.07, 6.45) is 20.6. The Balaban J connectivity index is 1.05. The predicted octanol–water partition coefficient (Wildman–Crippen LogP) is 6.75. The number of hydrogen-bond donors (Lipinski definition) is 0. The van der Waals surface area contributed by atoms with Gasteiger partial charge in [0.05, 0.1) is 25.4 Å². The van der Waals surface area contributed by atoms with Crippen molar-refractivity contribution in [3.05, 3.63) is 0 Å². The van der Waals surface area contributed by atoms with Crippen molar-refractivity contribution in [2.45, 2.75) is 114 Å². The summed E-state index contributed by atoms with van der Waals surface area (Å²) in [6, 6.07) is 0. The second-order valence-electron chi connectivity index (χ2n) is 10.8. The van der Waals surface area contributed by atoms with Gasteiger partial charge in [-0.2, -0.15) is 0 Å². The topological polar surface area (TPSA) is 27.7 Å². The Morgan fingerprint density at radius 1 is 0.567 bits per heavy atom. The summed E-state index contributed by atoms with van der Waals surface area (Å²) in [5.41, 5.74) is 0. The third-order valence-electron chi connectivity index (χ3n) is 8.52. The normalized spacial score (nSPS) is 38.3. The van der Waals surface area contributed by atoms with Crippen LogP contribution in [-0.2, 0) is 14.2 Å². The third-order valence-corrected chi connectivity index (χ3v) is 8.96. The molecule has 4 aliphatic rings. The van der Waals surface area contributed by atoms with E-state index in [9.17, 15) is 0 Å². The molecule has 4 heteroatoms. The fraction of sp³-hybridized carbons (Fsp3) is 1.00. The lowest BCUT2D eigenvalue weighted by Gasteiger charge is -2.42. The minimum Gasteiger partial charge on any atom is -0.379 e. The van der Waals surface area contributed by atoms with E-state index in [1.165, 1.54) is 83.5 Å². The third kappa shape index (κ3) is 7.36. The van der Waals surface area contributed by atoms with E-state index in [1.807, 2.05) is 0 Å². The number of hydrogen-bond acceptors (Lipinski definition) is 3. The van der Waals surface area contributed by atoms with E-state index in [2.05, 4.69) is 0 Å². The quantitative estimate of drug-likeness (QED) is 0.293. The first kappa shape index (κ1) is 23.3. The van der Waals surface area contributed by atoms with Crippen molar-refractivity contribution in [1.29, 1.82) is 0 Å². The van der Waals surface area contributed by atoms with Gasteiger partial charge in [-0.1, -0.05) is 19.3 Å². The summed E-state index contributed by atoms with van der Waals surface area (Å²) >= 11 is 6.19. The largest absolute Gasteiger partial charge is 0.379 e. The molecule has 4 unspecified atom stereocenters. The highest BCUT2D eigenvalue weighted by Crippen LogP contribution is 2.42. The van der Waals surface area contributed by atoms with Crippen molar-refractivity contribution >= 4 is 11.6 Å². The monoisotopic (exact) mass is 440 g/mol. The van der Waals surface area contributed by atoms with Crippen molar-refractivity contribution in [3.63, 3.8) is 0 Å². The van der Waals surface area contributed by atoms with Crippen LogP contribution in [0.2, 0.25) is 0 Å². The Bertz CT molecular complexity index is 473. The van der Waals surface area contributed by atoms with Crippen LogP contribution < -0.4 is 0 Å². The summed E-state index contributed by atoms with van der Waals surface area (Å²) in [7, 11) is 0. The molecule has 0 spiro atoms. The van der Waals surface area contributed by atoms with Gasteiger partial charge in [-0.15, -0.1) is 11.6 Å². The van der Waals surface area contributed by atoms with E-state index in [0.29, 0.717) is 23.5 Å². The van der Waals surface area contributed by atoms with Crippen LogP contribution in [0.1, 0.15) is 96.3 Å². The zero-order valence-corrected chi connectivity index (χ0v) is 19.8.